The van der Waals surface area contributed by atoms with Gasteiger partial charge in [0.2, 0.25) is 0 Å². The number of ether oxygens (including phenoxy) is 1. The number of rotatable bonds is 3. The minimum Gasteiger partial charge on any atom is -0.368 e. The zero-order chi connectivity index (χ0) is 17.4. The van der Waals surface area contributed by atoms with Crippen molar-refractivity contribution >= 4 is 11.0 Å². The first-order valence-electron chi connectivity index (χ1n) is 8.44. The van der Waals surface area contributed by atoms with Gasteiger partial charge in [-0.25, -0.2) is 4.98 Å². The van der Waals surface area contributed by atoms with Gasteiger partial charge in [-0.3, -0.25) is 14.4 Å². The predicted molar refractivity (Wildman–Crippen MR) is 94.1 cm³/mol. The highest BCUT2D eigenvalue weighted by atomic mass is 16.5. The van der Waals surface area contributed by atoms with Crippen LogP contribution in [0.25, 0.3) is 11.0 Å². The molecule has 3 heterocycles. The predicted octanol–water partition coefficient (Wildman–Crippen LogP) is 1.62. The molecule has 25 heavy (non-hydrogen) atoms. The number of aryl methyl sites for hydroxylation is 1. The summed E-state index contributed by atoms with van der Waals surface area (Å²) in [6, 6.07) is 10.2. The van der Waals surface area contributed by atoms with E-state index in [2.05, 4.69) is 39.0 Å². The zero-order valence-corrected chi connectivity index (χ0v) is 14.3. The molecule has 1 N–H and O–H groups in total. The van der Waals surface area contributed by atoms with Crippen molar-refractivity contribution in [3.05, 3.63) is 58.3 Å². The SMILES string of the molecule is C[C@H]1CN(Cc2nc3c(cnn3C)c(=O)[nH]2)C[C@@H](c2ccccc2)O1. The van der Waals surface area contributed by atoms with Crippen LogP contribution in [0.5, 0.6) is 0 Å². The highest BCUT2D eigenvalue weighted by Crippen LogP contribution is 2.25. The second-order valence-electron chi connectivity index (χ2n) is 6.56. The molecule has 1 saturated heterocycles. The van der Waals surface area contributed by atoms with Gasteiger partial charge in [-0.05, 0) is 12.5 Å². The summed E-state index contributed by atoms with van der Waals surface area (Å²) >= 11 is 0. The summed E-state index contributed by atoms with van der Waals surface area (Å²) in [5, 5.41) is 4.63. The summed E-state index contributed by atoms with van der Waals surface area (Å²) in [5.74, 6) is 0.655. The molecule has 2 atom stereocenters. The molecule has 7 nitrogen and oxygen atoms in total. The van der Waals surface area contributed by atoms with E-state index in [1.54, 1.807) is 17.9 Å². The molecule has 1 aromatic carbocycles. The van der Waals surface area contributed by atoms with Gasteiger partial charge in [0.25, 0.3) is 5.56 Å². The molecule has 0 aliphatic carbocycles. The summed E-state index contributed by atoms with van der Waals surface area (Å²) in [7, 11) is 1.79. The third-order valence-electron chi connectivity index (χ3n) is 4.53. The summed E-state index contributed by atoms with van der Waals surface area (Å²) in [5.41, 5.74) is 1.64. The first-order valence-corrected chi connectivity index (χ1v) is 8.44. The number of nitrogens with one attached hydrogen (secondary N) is 1. The first-order chi connectivity index (χ1) is 12.1. The van der Waals surface area contributed by atoms with Crippen molar-refractivity contribution in [3.63, 3.8) is 0 Å². The molecule has 3 aromatic rings. The molecule has 2 aromatic heterocycles. The Bertz CT molecular complexity index is 934. The van der Waals surface area contributed by atoms with E-state index in [0.29, 0.717) is 23.4 Å². The van der Waals surface area contributed by atoms with Gasteiger partial charge in [0.15, 0.2) is 5.65 Å². The van der Waals surface area contributed by atoms with Crippen LogP contribution >= 0.6 is 0 Å². The Morgan fingerprint density at radius 2 is 2.08 bits per heavy atom. The van der Waals surface area contributed by atoms with E-state index in [-0.39, 0.29) is 17.8 Å². The van der Waals surface area contributed by atoms with E-state index < -0.39 is 0 Å². The van der Waals surface area contributed by atoms with Crippen LogP contribution < -0.4 is 5.56 Å². The molecule has 4 rings (SSSR count). The molecule has 0 radical (unpaired) electrons. The van der Waals surface area contributed by atoms with Crippen molar-refractivity contribution in [3.8, 4) is 0 Å². The van der Waals surface area contributed by atoms with Crippen LogP contribution in [-0.4, -0.2) is 43.8 Å². The van der Waals surface area contributed by atoms with Crippen LogP contribution in [0.4, 0.5) is 0 Å². The summed E-state index contributed by atoms with van der Waals surface area (Å²) < 4.78 is 7.72. The van der Waals surface area contributed by atoms with Gasteiger partial charge in [-0.1, -0.05) is 30.3 Å². The highest BCUT2D eigenvalue weighted by Gasteiger charge is 2.27. The topological polar surface area (TPSA) is 76.0 Å². The van der Waals surface area contributed by atoms with Crippen LogP contribution in [0.3, 0.4) is 0 Å². The molecule has 1 aliphatic rings. The number of morpholine rings is 1. The molecule has 1 aliphatic heterocycles. The van der Waals surface area contributed by atoms with E-state index in [0.717, 1.165) is 13.1 Å². The highest BCUT2D eigenvalue weighted by molar-refractivity contribution is 5.72. The van der Waals surface area contributed by atoms with E-state index >= 15 is 0 Å². The van der Waals surface area contributed by atoms with E-state index in [4.69, 9.17) is 4.74 Å². The maximum Gasteiger partial charge on any atom is 0.262 e. The van der Waals surface area contributed by atoms with E-state index in [9.17, 15) is 4.79 Å². The number of nitrogens with zero attached hydrogens (tertiary/aromatic N) is 4. The normalized spacial score (nSPS) is 21.7. The number of hydrogen-bond donors (Lipinski definition) is 1. The molecule has 0 bridgehead atoms. The van der Waals surface area contributed by atoms with Gasteiger partial charge in [0, 0.05) is 20.1 Å². The third kappa shape index (κ3) is 3.20. The minimum atomic E-state index is -0.144. The second-order valence-corrected chi connectivity index (χ2v) is 6.56. The van der Waals surface area contributed by atoms with Gasteiger partial charge in [-0.15, -0.1) is 0 Å². The fourth-order valence-corrected chi connectivity index (χ4v) is 3.38. The lowest BCUT2D eigenvalue weighted by atomic mass is 10.1. The van der Waals surface area contributed by atoms with Crippen LogP contribution in [0.2, 0.25) is 0 Å². The molecule has 0 amide bonds. The van der Waals surface area contributed by atoms with Gasteiger partial charge < -0.3 is 9.72 Å². The number of fused-ring (bicyclic) bond motifs is 1. The van der Waals surface area contributed by atoms with Crippen molar-refractivity contribution < 1.29 is 4.74 Å². The molecule has 130 valence electrons. The van der Waals surface area contributed by atoms with Crippen molar-refractivity contribution in [2.75, 3.05) is 13.1 Å². The third-order valence-corrected chi connectivity index (χ3v) is 4.53. The number of H-pyrrole nitrogens is 1. The Kier molecular flexibility index (Phi) is 4.10. The lowest BCUT2D eigenvalue weighted by Crippen LogP contribution is -2.42. The van der Waals surface area contributed by atoms with Crippen LogP contribution in [0.1, 0.15) is 24.4 Å². The van der Waals surface area contributed by atoms with Gasteiger partial charge in [-0.2, -0.15) is 5.10 Å². The Balaban J connectivity index is 1.57. The molecule has 0 spiro atoms. The smallest absolute Gasteiger partial charge is 0.262 e. The van der Waals surface area contributed by atoms with Crippen LogP contribution in [0, 0.1) is 0 Å². The zero-order valence-electron chi connectivity index (χ0n) is 14.3. The molecule has 0 unspecified atom stereocenters. The largest absolute Gasteiger partial charge is 0.368 e. The maximum atomic E-state index is 12.2. The standard InChI is InChI=1S/C18H21N5O2/c1-12-9-23(10-15(25-12)13-6-4-3-5-7-13)11-16-20-17-14(18(24)21-16)8-19-22(17)2/h3-8,12,15H,9-11H2,1-2H3,(H,20,21,24)/t12-,15-/m0/s1. The van der Waals surface area contributed by atoms with Crippen LogP contribution in [0.15, 0.2) is 41.3 Å². The molecular weight excluding hydrogens is 318 g/mol. The fraction of sp³-hybridized carbons (Fsp3) is 0.389. The van der Waals surface area contributed by atoms with E-state index in [1.807, 2.05) is 18.2 Å². The van der Waals surface area contributed by atoms with Gasteiger partial charge in [0.05, 0.1) is 24.9 Å². The Morgan fingerprint density at radius 1 is 1.28 bits per heavy atom. The fourth-order valence-electron chi connectivity index (χ4n) is 3.38. The van der Waals surface area contributed by atoms with Gasteiger partial charge in [0.1, 0.15) is 11.2 Å². The molecular formula is C18H21N5O2. The maximum absolute atomic E-state index is 12.2. The summed E-state index contributed by atoms with van der Waals surface area (Å²) in [6.07, 6.45) is 1.69. The number of hydrogen-bond acceptors (Lipinski definition) is 5. The first kappa shape index (κ1) is 16.0. The van der Waals surface area contributed by atoms with Crippen molar-refractivity contribution in [1.82, 2.24) is 24.6 Å². The number of aromatic amines is 1. The second kappa shape index (κ2) is 6.42. The Morgan fingerprint density at radius 3 is 2.88 bits per heavy atom. The summed E-state index contributed by atoms with van der Waals surface area (Å²) in [4.78, 5) is 21.9. The molecule has 7 heteroatoms. The molecule has 0 saturated carbocycles. The Labute approximate surface area is 145 Å². The lowest BCUT2D eigenvalue weighted by molar-refractivity contribution is -0.0819. The van der Waals surface area contributed by atoms with Crippen LogP contribution in [-0.2, 0) is 18.3 Å². The van der Waals surface area contributed by atoms with Gasteiger partial charge >= 0.3 is 0 Å². The van der Waals surface area contributed by atoms with Crippen molar-refractivity contribution in [2.24, 2.45) is 7.05 Å². The van der Waals surface area contributed by atoms with E-state index in [1.165, 1.54) is 5.56 Å². The number of benzene rings is 1. The monoisotopic (exact) mass is 339 g/mol. The van der Waals surface area contributed by atoms with Crippen molar-refractivity contribution in [2.45, 2.75) is 25.7 Å². The lowest BCUT2D eigenvalue weighted by Gasteiger charge is -2.36. The number of aromatic nitrogens is 4. The summed E-state index contributed by atoms with van der Waals surface area (Å²) in [6.45, 7) is 4.22. The van der Waals surface area contributed by atoms with Crippen molar-refractivity contribution in [1.29, 1.82) is 0 Å². The Hall–Kier alpha value is -2.51. The molecule has 1 fully saturated rings. The average Bonchev–Trinajstić information content (AvgIpc) is 2.97. The minimum absolute atomic E-state index is 0.0251. The quantitative estimate of drug-likeness (QED) is 0.785. The average molecular weight is 339 g/mol.